The maximum atomic E-state index is 12.7. The molecule has 0 aromatic heterocycles. The standard InChI is InChI=1S/C11H8F3N3S/c12-11(13,14)9-5-8(2-1-7(9)6-15)17-10-16-3-4-18-10/h1-2,5H,3-4H2,(H,16,17). The molecule has 0 aliphatic carbocycles. The van der Waals surface area contributed by atoms with Gasteiger partial charge in [-0.15, -0.1) is 0 Å². The Morgan fingerprint density at radius 3 is 2.72 bits per heavy atom. The lowest BCUT2D eigenvalue weighted by Crippen LogP contribution is -2.10. The molecule has 0 fully saturated rings. The molecule has 1 aliphatic rings. The van der Waals surface area contributed by atoms with E-state index in [1.807, 2.05) is 0 Å². The summed E-state index contributed by atoms with van der Waals surface area (Å²) in [5.41, 5.74) is -1.03. The summed E-state index contributed by atoms with van der Waals surface area (Å²) in [6.07, 6.45) is -4.53. The van der Waals surface area contributed by atoms with E-state index < -0.39 is 11.7 Å². The Morgan fingerprint density at radius 2 is 2.17 bits per heavy atom. The van der Waals surface area contributed by atoms with Crippen molar-refractivity contribution in [3.63, 3.8) is 0 Å². The van der Waals surface area contributed by atoms with Gasteiger partial charge in [0.2, 0.25) is 0 Å². The smallest absolute Gasteiger partial charge is 0.335 e. The second-order valence-corrected chi connectivity index (χ2v) is 4.61. The predicted molar refractivity (Wildman–Crippen MR) is 64.5 cm³/mol. The van der Waals surface area contributed by atoms with Crippen molar-refractivity contribution in [2.75, 3.05) is 17.6 Å². The second kappa shape index (κ2) is 4.90. The summed E-state index contributed by atoms with van der Waals surface area (Å²) in [5.74, 6) is 0.824. The van der Waals surface area contributed by atoms with Gasteiger partial charge in [0.25, 0.3) is 0 Å². The summed E-state index contributed by atoms with van der Waals surface area (Å²) in [5, 5.41) is 12.1. The molecule has 94 valence electrons. The number of alkyl halides is 3. The van der Waals surface area contributed by atoms with Crippen molar-refractivity contribution < 1.29 is 13.2 Å². The van der Waals surface area contributed by atoms with Gasteiger partial charge in [-0.3, -0.25) is 4.99 Å². The summed E-state index contributed by atoms with van der Waals surface area (Å²) in [6.45, 7) is 0.662. The Balaban J connectivity index is 2.31. The van der Waals surface area contributed by atoms with E-state index in [0.717, 1.165) is 17.9 Å². The predicted octanol–water partition coefficient (Wildman–Crippen LogP) is 3.09. The van der Waals surface area contributed by atoms with Gasteiger partial charge < -0.3 is 5.32 Å². The number of nitriles is 1. The average molecular weight is 271 g/mol. The van der Waals surface area contributed by atoms with Crippen LogP contribution in [0.4, 0.5) is 18.9 Å². The number of aliphatic imine (C=N–C) groups is 1. The maximum absolute atomic E-state index is 12.7. The second-order valence-electron chi connectivity index (χ2n) is 3.53. The van der Waals surface area contributed by atoms with E-state index in [0.29, 0.717) is 11.7 Å². The number of halogens is 3. The Morgan fingerprint density at radius 1 is 1.39 bits per heavy atom. The third-order valence-electron chi connectivity index (χ3n) is 2.28. The van der Waals surface area contributed by atoms with E-state index in [4.69, 9.17) is 5.26 Å². The van der Waals surface area contributed by atoms with Crippen LogP contribution >= 0.6 is 11.8 Å². The number of nitrogens with one attached hydrogen (secondary N) is 1. The zero-order valence-corrected chi connectivity index (χ0v) is 9.90. The zero-order valence-electron chi connectivity index (χ0n) is 9.08. The molecule has 1 N–H and O–H groups in total. The van der Waals surface area contributed by atoms with Crippen molar-refractivity contribution in [1.29, 1.82) is 5.26 Å². The normalized spacial score (nSPS) is 15.1. The molecule has 3 nitrogen and oxygen atoms in total. The van der Waals surface area contributed by atoms with E-state index in [9.17, 15) is 13.2 Å². The minimum Gasteiger partial charge on any atom is -0.335 e. The first-order valence-corrected chi connectivity index (χ1v) is 6.05. The topological polar surface area (TPSA) is 48.2 Å². The Labute approximate surface area is 106 Å². The molecule has 0 amide bonds. The fourth-order valence-corrected chi connectivity index (χ4v) is 2.24. The van der Waals surface area contributed by atoms with Gasteiger partial charge in [-0.2, -0.15) is 18.4 Å². The van der Waals surface area contributed by atoms with Gasteiger partial charge in [0.15, 0.2) is 5.17 Å². The number of amidine groups is 1. The average Bonchev–Trinajstić information content (AvgIpc) is 2.80. The summed E-state index contributed by atoms with van der Waals surface area (Å²) < 4.78 is 38.1. The van der Waals surface area contributed by atoms with Gasteiger partial charge in [-0.25, -0.2) is 0 Å². The third kappa shape index (κ3) is 2.76. The molecule has 0 unspecified atom stereocenters. The lowest BCUT2D eigenvalue weighted by Gasteiger charge is -2.11. The fraction of sp³-hybridized carbons (Fsp3) is 0.273. The largest absolute Gasteiger partial charge is 0.417 e. The molecule has 0 saturated heterocycles. The van der Waals surface area contributed by atoms with Crippen molar-refractivity contribution in [3.05, 3.63) is 29.3 Å². The highest BCUT2D eigenvalue weighted by Crippen LogP contribution is 2.33. The van der Waals surface area contributed by atoms with Crippen LogP contribution in [-0.4, -0.2) is 17.5 Å². The van der Waals surface area contributed by atoms with Crippen molar-refractivity contribution in [2.24, 2.45) is 4.99 Å². The highest BCUT2D eigenvalue weighted by atomic mass is 32.2. The van der Waals surface area contributed by atoms with Crippen LogP contribution in [0.1, 0.15) is 11.1 Å². The molecule has 2 rings (SSSR count). The van der Waals surface area contributed by atoms with E-state index in [2.05, 4.69) is 10.3 Å². The van der Waals surface area contributed by atoms with Crippen LogP contribution in [0.25, 0.3) is 0 Å². The number of rotatable bonds is 1. The lowest BCUT2D eigenvalue weighted by atomic mass is 10.1. The van der Waals surface area contributed by atoms with Crippen LogP contribution < -0.4 is 5.32 Å². The molecule has 0 bridgehead atoms. The molecule has 0 radical (unpaired) electrons. The molecule has 18 heavy (non-hydrogen) atoms. The van der Waals surface area contributed by atoms with Gasteiger partial charge in [0, 0.05) is 11.4 Å². The van der Waals surface area contributed by atoms with Gasteiger partial charge >= 0.3 is 6.18 Å². The number of thioether (sulfide) groups is 1. The SMILES string of the molecule is N#Cc1ccc(NC2=NCCS2)cc1C(F)(F)F. The van der Waals surface area contributed by atoms with Gasteiger partial charge in [0.05, 0.1) is 23.7 Å². The molecule has 0 saturated carbocycles. The Hall–Kier alpha value is -1.68. The van der Waals surface area contributed by atoms with Gasteiger partial charge in [-0.05, 0) is 18.2 Å². The zero-order chi connectivity index (χ0) is 13.2. The van der Waals surface area contributed by atoms with E-state index >= 15 is 0 Å². The number of hydrogen-bond donors (Lipinski definition) is 1. The highest BCUT2D eigenvalue weighted by Gasteiger charge is 2.33. The van der Waals surface area contributed by atoms with Crippen molar-refractivity contribution in [1.82, 2.24) is 0 Å². The van der Waals surface area contributed by atoms with Crippen LogP contribution in [0.5, 0.6) is 0 Å². The number of nitrogens with zero attached hydrogens (tertiary/aromatic N) is 2. The number of hydrogen-bond acceptors (Lipinski definition) is 4. The third-order valence-corrected chi connectivity index (χ3v) is 3.17. The number of anilines is 1. The number of benzene rings is 1. The first-order valence-electron chi connectivity index (χ1n) is 5.06. The van der Waals surface area contributed by atoms with Gasteiger partial charge in [0.1, 0.15) is 0 Å². The van der Waals surface area contributed by atoms with E-state index in [1.165, 1.54) is 23.9 Å². The van der Waals surface area contributed by atoms with Crippen LogP contribution in [-0.2, 0) is 6.18 Å². The first kappa shape index (κ1) is 12.8. The summed E-state index contributed by atoms with van der Waals surface area (Å²) in [6, 6.07) is 5.07. The molecular weight excluding hydrogens is 263 g/mol. The van der Waals surface area contributed by atoms with E-state index in [-0.39, 0.29) is 11.3 Å². The van der Waals surface area contributed by atoms with Crippen LogP contribution in [0.2, 0.25) is 0 Å². The van der Waals surface area contributed by atoms with Crippen LogP contribution in [0, 0.1) is 11.3 Å². The molecule has 7 heteroatoms. The fourth-order valence-electron chi connectivity index (χ4n) is 1.49. The molecule has 1 aliphatic heterocycles. The molecule has 1 aromatic rings. The lowest BCUT2D eigenvalue weighted by molar-refractivity contribution is -0.137. The highest BCUT2D eigenvalue weighted by molar-refractivity contribution is 8.14. The van der Waals surface area contributed by atoms with Crippen molar-refractivity contribution >= 4 is 22.6 Å². The molecular formula is C11H8F3N3S. The maximum Gasteiger partial charge on any atom is 0.417 e. The molecule has 1 heterocycles. The molecule has 0 atom stereocenters. The summed E-state index contributed by atoms with van der Waals surface area (Å²) >= 11 is 1.45. The quantitative estimate of drug-likeness (QED) is 0.853. The Kier molecular flexibility index (Phi) is 3.48. The molecule has 1 aromatic carbocycles. The van der Waals surface area contributed by atoms with Crippen LogP contribution in [0.15, 0.2) is 23.2 Å². The van der Waals surface area contributed by atoms with Crippen molar-refractivity contribution in [3.8, 4) is 6.07 Å². The summed E-state index contributed by atoms with van der Waals surface area (Å²) in [4.78, 5) is 4.09. The minimum atomic E-state index is -4.53. The van der Waals surface area contributed by atoms with Crippen LogP contribution in [0.3, 0.4) is 0 Å². The van der Waals surface area contributed by atoms with E-state index in [1.54, 1.807) is 0 Å². The summed E-state index contributed by atoms with van der Waals surface area (Å²) in [7, 11) is 0. The monoisotopic (exact) mass is 271 g/mol. The first-order chi connectivity index (χ1) is 8.50. The minimum absolute atomic E-state index is 0.287. The van der Waals surface area contributed by atoms with Gasteiger partial charge in [-0.1, -0.05) is 11.8 Å². The molecule has 0 spiro atoms. The Bertz CT molecular complexity index is 531. The van der Waals surface area contributed by atoms with Crippen molar-refractivity contribution in [2.45, 2.75) is 6.18 Å².